The van der Waals surface area contributed by atoms with Gasteiger partial charge in [-0.15, -0.1) is 0 Å². The molecule has 1 aromatic carbocycles. The van der Waals surface area contributed by atoms with Gasteiger partial charge in [-0.3, -0.25) is 9.69 Å². The fourth-order valence-electron chi connectivity index (χ4n) is 2.41. The fourth-order valence-corrected chi connectivity index (χ4v) is 2.41. The highest BCUT2D eigenvalue weighted by Gasteiger charge is 2.20. The molecule has 0 fully saturated rings. The average Bonchev–Trinajstić information content (AvgIpc) is 2.77. The Labute approximate surface area is 130 Å². The van der Waals surface area contributed by atoms with E-state index in [1.54, 1.807) is 6.07 Å². The first-order chi connectivity index (χ1) is 10.2. The third-order valence-electron chi connectivity index (χ3n) is 3.37. The van der Waals surface area contributed by atoms with Crippen LogP contribution in [-0.4, -0.2) is 35.6 Å². The third kappa shape index (κ3) is 4.46. The van der Waals surface area contributed by atoms with E-state index in [4.69, 9.17) is 10.5 Å². The maximum atomic E-state index is 11.6. The highest BCUT2D eigenvalue weighted by molar-refractivity contribution is 5.93. The van der Waals surface area contributed by atoms with Gasteiger partial charge in [0.1, 0.15) is 5.60 Å². The van der Waals surface area contributed by atoms with Crippen molar-refractivity contribution in [2.75, 3.05) is 13.1 Å². The summed E-state index contributed by atoms with van der Waals surface area (Å²) in [5.74, 6) is -0.409. The number of nitrogens with two attached hydrogens (primary N) is 1. The van der Waals surface area contributed by atoms with Crippen LogP contribution in [-0.2, 0) is 17.8 Å². The lowest BCUT2D eigenvalue weighted by atomic mass is 10.1. The van der Waals surface area contributed by atoms with E-state index in [1.165, 1.54) is 5.56 Å². The molecule has 0 unspecified atom stereocenters. The van der Waals surface area contributed by atoms with Crippen LogP contribution in [0.25, 0.3) is 0 Å². The Morgan fingerprint density at radius 3 is 2.59 bits per heavy atom. The number of benzene rings is 1. The molecule has 6 nitrogen and oxygen atoms in total. The summed E-state index contributed by atoms with van der Waals surface area (Å²) in [5, 5.41) is 2.75. The van der Waals surface area contributed by atoms with Gasteiger partial charge in [0.2, 0.25) is 5.91 Å². The van der Waals surface area contributed by atoms with E-state index in [0.717, 1.165) is 25.2 Å². The van der Waals surface area contributed by atoms with E-state index in [1.807, 2.05) is 32.9 Å². The van der Waals surface area contributed by atoms with Crippen molar-refractivity contribution in [3.63, 3.8) is 0 Å². The summed E-state index contributed by atoms with van der Waals surface area (Å²) in [5.41, 5.74) is 7.66. The van der Waals surface area contributed by atoms with Crippen LogP contribution in [0, 0.1) is 0 Å². The molecule has 120 valence electrons. The van der Waals surface area contributed by atoms with Crippen LogP contribution in [0.4, 0.5) is 4.79 Å². The van der Waals surface area contributed by atoms with Crippen molar-refractivity contribution in [3.8, 4) is 0 Å². The number of primary amides is 1. The smallest absolute Gasteiger partial charge is 0.407 e. The lowest BCUT2D eigenvalue weighted by molar-refractivity contribution is 0.0522. The van der Waals surface area contributed by atoms with E-state index >= 15 is 0 Å². The van der Waals surface area contributed by atoms with E-state index < -0.39 is 17.6 Å². The SMILES string of the molecule is CC(C)(C)OC(=O)NCCN1Cc2ccc(C(N)=O)cc2C1. The van der Waals surface area contributed by atoms with Crippen LogP contribution in [0.2, 0.25) is 0 Å². The molecule has 1 aliphatic rings. The number of carbonyl (C=O) groups is 2. The van der Waals surface area contributed by atoms with Crippen LogP contribution >= 0.6 is 0 Å². The fraction of sp³-hybridized carbons (Fsp3) is 0.500. The average molecular weight is 305 g/mol. The number of rotatable bonds is 4. The number of amides is 2. The molecule has 1 heterocycles. The van der Waals surface area contributed by atoms with Gasteiger partial charge in [0.25, 0.3) is 0 Å². The third-order valence-corrected chi connectivity index (χ3v) is 3.37. The molecule has 2 amide bonds. The van der Waals surface area contributed by atoms with Crippen molar-refractivity contribution in [3.05, 3.63) is 34.9 Å². The van der Waals surface area contributed by atoms with Gasteiger partial charge >= 0.3 is 6.09 Å². The van der Waals surface area contributed by atoms with E-state index in [2.05, 4.69) is 10.2 Å². The summed E-state index contributed by atoms with van der Waals surface area (Å²) in [4.78, 5) is 25.0. The maximum Gasteiger partial charge on any atom is 0.407 e. The first kappa shape index (κ1) is 16.3. The Balaban J connectivity index is 1.80. The predicted molar refractivity (Wildman–Crippen MR) is 83.3 cm³/mol. The minimum absolute atomic E-state index is 0.403. The highest BCUT2D eigenvalue weighted by atomic mass is 16.6. The summed E-state index contributed by atoms with van der Waals surface area (Å²) in [7, 11) is 0. The number of alkyl carbamates (subject to hydrolysis) is 1. The van der Waals surface area contributed by atoms with Crippen molar-refractivity contribution in [2.45, 2.75) is 39.5 Å². The molecule has 0 saturated carbocycles. The molecular formula is C16H23N3O3. The van der Waals surface area contributed by atoms with Gasteiger partial charge in [-0.1, -0.05) is 6.07 Å². The second-order valence-corrected chi connectivity index (χ2v) is 6.49. The Morgan fingerprint density at radius 2 is 1.95 bits per heavy atom. The number of hydrogen-bond donors (Lipinski definition) is 2. The van der Waals surface area contributed by atoms with Crippen LogP contribution in [0.15, 0.2) is 18.2 Å². The maximum absolute atomic E-state index is 11.6. The molecule has 0 aromatic heterocycles. The molecule has 0 saturated heterocycles. The molecule has 0 aliphatic carbocycles. The number of nitrogens with one attached hydrogen (secondary N) is 1. The van der Waals surface area contributed by atoms with Crippen molar-refractivity contribution in [1.82, 2.24) is 10.2 Å². The molecular weight excluding hydrogens is 282 g/mol. The highest BCUT2D eigenvalue weighted by Crippen LogP contribution is 2.23. The Kier molecular flexibility index (Phi) is 4.71. The largest absolute Gasteiger partial charge is 0.444 e. The topological polar surface area (TPSA) is 84.7 Å². The van der Waals surface area contributed by atoms with Crippen LogP contribution in [0.5, 0.6) is 0 Å². The molecule has 0 radical (unpaired) electrons. The zero-order chi connectivity index (χ0) is 16.3. The van der Waals surface area contributed by atoms with Crippen LogP contribution in [0.3, 0.4) is 0 Å². The van der Waals surface area contributed by atoms with Gasteiger partial charge in [0, 0.05) is 31.7 Å². The van der Waals surface area contributed by atoms with Gasteiger partial charge < -0.3 is 15.8 Å². The standard InChI is InChI=1S/C16H23N3O3/c1-16(2,3)22-15(21)18-6-7-19-9-12-5-4-11(14(17)20)8-13(12)10-19/h4-5,8H,6-7,9-10H2,1-3H3,(H2,17,20)(H,18,21). The van der Waals surface area contributed by atoms with E-state index in [0.29, 0.717) is 12.1 Å². The molecule has 2 rings (SSSR count). The van der Waals surface area contributed by atoms with Crippen molar-refractivity contribution in [1.29, 1.82) is 0 Å². The Hall–Kier alpha value is -2.08. The molecule has 22 heavy (non-hydrogen) atoms. The number of hydrogen-bond acceptors (Lipinski definition) is 4. The summed E-state index contributed by atoms with van der Waals surface area (Å²) in [6, 6.07) is 5.54. The zero-order valence-corrected chi connectivity index (χ0v) is 13.3. The molecule has 3 N–H and O–H groups in total. The minimum atomic E-state index is -0.487. The van der Waals surface area contributed by atoms with E-state index in [-0.39, 0.29) is 0 Å². The predicted octanol–water partition coefficient (Wildman–Crippen LogP) is 1.63. The first-order valence-corrected chi connectivity index (χ1v) is 7.35. The Morgan fingerprint density at radius 1 is 1.27 bits per heavy atom. The van der Waals surface area contributed by atoms with Crippen LogP contribution < -0.4 is 11.1 Å². The van der Waals surface area contributed by atoms with E-state index in [9.17, 15) is 9.59 Å². The molecule has 0 atom stereocenters. The summed E-state index contributed by atoms with van der Waals surface area (Å²) < 4.78 is 5.19. The number of nitrogens with zero attached hydrogens (tertiary/aromatic N) is 1. The normalized spacial score (nSPS) is 14.5. The first-order valence-electron chi connectivity index (χ1n) is 7.35. The molecule has 6 heteroatoms. The van der Waals surface area contributed by atoms with Gasteiger partial charge in [-0.05, 0) is 44.0 Å². The molecule has 0 spiro atoms. The van der Waals surface area contributed by atoms with Gasteiger partial charge in [-0.2, -0.15) is 0 Å². The van der Waals surface area contributed by atoms with Crippen molar-refractivity contribution < 1.29 is 14.3 Å². The number of ether oxygens (including phenoxy) is 1. The van der Waals surface area contributed by atoms with Gasteiger partial charge in [-0.25, -0.2) is 4.79 Å². The monoisotopic (exact) mass is 305 g/mol. The number of fused-ring (bicyclic) bond motifs is 1. The summed E-state index contributed by atoms with van der Waals surface area (Å²) >= 11 is 0. The lowest BCUT2D eigenvalue weighted by Crippen LogP contribution is -2.36. The lowest BCUT2D eigenvalue weighted by Gasteiger charge is -2.20. The minimum Gasteiger partial charge on any atom is -0.444 e. The summed E-state index contributed by atoms with van der Waals surface area (Å²) in [6.07, 6.45) is -0.403. The number of carbonyl (C=O) groups excluding carboxylic acids is 2. The second kappa shape index (κ2) is 6.36. The van der Waals surface area contributed by atoms with Crippen molar-refractivity contribution in [2.24, 2.45) is 5.73 Å². The quantitative estimate of drug-likeness (QED) is 0.885. The molecule has 0 bridgehead atoms. The summed E-state index contributed by atoms with van der Waals surface area (Å²) in [6.45, 7) is 8.31. The molecule has 1 aliphatic heterocycles. The zero-order valence-electron chi connectivity index (χ0n) is 13.3. The van der Waals surface area contributed by atoms with Gasteiger partial charge in [0.05, 0.1) is 0 Å². The Bertz CT molecular complexity index is 578. The molecule has 1 aromatic rings. The van der Waals surface area contributed by atoms with Crippen LogP contribution in [0.1, 0.15) is 42.3 Å². The second-order valence-electron chi connectivity index (χ2n) is 6.49. The van der Waals surface area contributed by atoms with Crippen molar-refractivity contribution >= 4 is 12.0 Å². The van der Waals surface area contributed by atoms with Gasteiger partial charge in [0.15, 0.2) is 0 Å².